The van der Waals surface area contributed by atoms with Crippen LogP contribution >= 0.6 is 0 Å². The molecule has 1 aromatic heterocycles. The molecule has 1 saturated heterocycles. The second-order valence-electron chi connectivity index (χ2n) is 5.04. The number of nitrogens with zero attached hydrogens (tertiary/aromatic N) is 3. The second-order valence-corrected chi connectivity index (χ2v) is 5.04. The van der Waals surface area contributed by atoms with Crippen molar-refractivity contribution in [2.75, 3.05) is 44.3 Å². The number of carbonyl (C=O) groups excluding carboxylic acids is 1. The number of nitrogens with two attached hydrogens (primary N) is 1. The van der Waals surface area contributed by atoms with Gasteiger partial charge in [-0.05, 0) is 18.6 Å². The molecule has 0 aromatic carbocycles. The van der Waals surface area contributed by atoms with Gasteiger partial charge in [-0.25, -0.2) is 4.98 Å². The largest absolute Gasteiger partial charge is 0.381 e. The van der Waals surface area contributed by atoms with Crippen LogP contribution in [0.15, 0.2) is 18.3 Å². The first-order valence-electron chi connectivity index (χ1n) is 7.50. The maximum Gasteiger partial charge on any atom is 0.225 e. The summed E-state index contributed by atoms with van der Waals surface area (Å²) in [6.45, 7) is 6.73. The van der Waals surface area contributed by atoms with Crippen LogP contribution in [0.25, 0.3) is 0 Å². The van der Waals surface area contributed by atoms with Gasteiger partial charge in [0.15, 0.2) is 0 Å². The fraction of sp³-hybridized carbons (Fsp3) is 0.600. The molecular weight excluding hydrogens is 268 g/mol. The maximum absolute atomic E-state index is 12.0. The standard InChI is InChI=1S/C15H24N4O2/c1-2-21-10-5-15(20)19-8-6-18(7-9-19)14-4-3-13(11-16)12-17-14/h3-4,12H,2,5-11,16H2,1H3. The molecule has 1 aliphatic heterocycles. The Kier molecular flexibility index (Phi) is 5.95. The highest BCUT2D eigenvalue weighted by Crippen LogP contribution is 2.14. The number of anilines is 1. The molecule has 2 rings (SSSR count). The molecule has 1 fully saturated rings. The van der Waals surface area contributed by atoms with Gasteiger partial charge < -0.3 is 20.3 Å². The number of ether oxygens (including phenoxy) is 1. The number of aromatic nitrogens is 1. The fourth-order valence-corrected chi connectivity index (χ4v) is 2.37. The van der Waals surface area contributed by atoms with Crippen LogP contribution in [0.1, 0.15) is 18.9 Å². The molecule has 2 heterocycles. The van der Waals surface area contributed by atoms with E-state index in [0.717, 1.165) is 37.6 Å². The Balaban J connectivity index is 1.80. The predicted octanol–water partition coefficient (Wildman–Crippen LogP) is 0.616. The molecular formula is C15H24N4O2. The highest BCUT2D eigenvalue weighted by Gasteiger charge is 2.21. The van der Waals surface area contributed by atoms with Crippen LogP contribution in [0.3, 0.4) is 0 Å². The average Bonchev–Trinajstić information content (AvgIpc) is 2.55. The van der Waals surface area contributed by atoms with Gasteiger partial charge in [0, 0.05) is 45.5 Å². The number of carbonyl (C=O) groups is 1. The Labute approximate surface area is 125 Å². The molecule has 1 amide bonds. The Morgan fingerprint density at radius 3 is 2.67 bits per heavy atom. The van der Waals surface area contributed by atoms with Crippen molar-refractivity contribution in [2.45, 2.75) is 19.9 Å². The van der Waals surface area contributed by atoms with E-state index >= 15 is 0 Å². The molecule has 0 aliphatic carbocycles. The lowest BCUT2D eigenvalue weighted by atomic mass is 10.2. The molecule has 0 radical (unpaired) electrons. The smallest absolute Gasteiger partial charge is 0.225 e. The van der Waals surface area contributed by atoms with Crippen LogP contribution in [0.4, 0.5) is 5.82 Å². The quantitative estimate of drug-likeness (QED) is 0.778. The Morgan fingerprint density at radius 1 is 1.33 bits per heavy atom. The number of rotatable bonds is 6. The molecule has 6 heteroatoms. The summed E-state index contributed by atoms with van der Waals surface area (Å²) < 4.78 is 5.23. The minimum absolute atomic E-state index is 0.175. The van der Waals surface area contributed by atoms with Gasteiger partial charge in [0.05, 0.1) is 13.0 Å². The van der Waals surface area contributed by atoms with Crippen molar-refractivity contribution in [1.82, 2.24) is 9.88 Å². The lowest BCUT2D eigenvalue weighted by Gasteiger charge is -2.35. The van der Waals surface area contributed by atoms with Gasteiger partial charge in [0.25, 0.3) is 0 Å². The molecule has 2 N–H and O–H groups in total. The predicted molar refractivity (Wildman–Crippen MR) is 82.0 cm³/mol. The second kappa shape index (κ2) is 7.95. The Morgan fingerprint density at radius 2 is 2.10 bits per heavy atom. The summed E-state index contributed by atoms with van der Waals surface area (Å²) in [5.74, 6) is 1.13. The van der Waals surface area contributed by atoms with Crippen molar-refractivity contribution < 1.29 is 9.53 Å². The molecule has 0 saturated carbocycles. The van der Waals surface area contributed by atoms with Crippen LogP contribution in [0.2, 0.25) is 0 Å². The fourth-order valence-electron chi connectivity index (χ4n) is 2.37. The lowest BCUT2D eigenvalue weighted by Crippen LogP contribution is -2.49. The topological polar surface area (TPSA) is 71.7 Å². The van der Waals surface area contributed by atoms with Crippen molar-refractivity contribution in [2.24, 2.45) is 5.73 Å². The minimum Gasteiger partial charge on any atom is -0.381 e. The Bertz CT molecular complexity index is 441. The van der Waals surface area contributed by atoms with Crippen molar-refractivity contribution in [1.29, 1.82) is 0 Å². The number of piperazine rings is 1. The third-order valence-corrected chi connectivity index (χ3v) is 3.67. The van der Waals surface area contributed by atoms with Gasteiger partial charge in [0.1, 0.15) is 5.82 Å². The first-order chi connectivity index (χ1) is 10.2. The van der Waals surface area contributed by atoms with Crippen molar-refractivity contribution >= 4 is 11.7 Å². The van der Waals surface area contributed by atoms with Crippen molar-refractivity contribution in [3.05, 3.63) is 23.9 Å². The van der Waals surface area contributed by atoms with E-state index in [1.165, 1.54) is 0 Å². The third kappa shape index (κ3) is 4.41. The summed E-state index contributed by atoms with van der Waals surface area (Å²) in [6.07, 6.45) is 2.28. The van der Waals surface area contributed by atoms with Gasteiger partial charge >= 0.3 is 0 Å². The van der Waals surface area contributed by atoms with Gasteiger partial charge in [-0.2, -0.15) is 0 Å². The van der Waals surface area contributed by atoms with E-state index in [1.807, 2.05) is 30.2 Å². The molecule has 1 aliphatic rings. The molecule has 21 heavy (non-hydrogen) atoms. The molecule has 0 unspecified atom stereocenters. The zero-order chi connectivity index (χ0) is 15.1. The van der Waals surface area contributed by atoms with E-state index in [2.05, 4.69) is 9.88 Å². The van der Waals surface area contributed by atoms with E-state index in [0.29, 0.717) is 26.2 Å². The number of hydrogen-bond donors (Lipinski definition) is 1. The maximum atomic E-state index is 12.0. The molecule has 0 atom stereocenters. The monoisotopic (exact) mass is 292 g/mol. The minimum atomic E-state index is 0.175. The first kappa shape index (κ1) is 15.7. The van der Waals surface area contributed by atoms with E-state index in [-0.39, 0.29) is 5.91 Å². The summed E-state index contributed by atoms with van der Waals surface area (Å²) in [6, 6.07) is 4.00. The number of amides is 1. The summed E-state index contributed by atoms with van der Waals surface area (Å²) >= 11 is 0. The van der Waals surface area contributed by atoms with Crippen LogP contribution in [-0.4, -0.2) is 55.2 Å². The average molecular weight is 292 g/mol. The number of pyridine rings is 1. The summed E-state index contributed by atoms with van der Waals surface area (Å²) in [5, 5.41) is 0. The molecule has 116 valence electrons. The van der Waals surface area contributed by atoms with E-state index in [4.69, 9.17) is 10.5 Å². The first-order valence-corrected chi connectivity index (χ1v) is 7.50. The summed E-state index contributed by atoms with van der Waals surface area (Å²) in [7, 11) is 0. The van der Waals surface area contributed by atoms with Gasteiger partial charge in [0.2, 0.25) is 5.91 Å². The number of hydrogen-bond acceptors (Lipinski definition) is 5. The highest BCUT2D eigenvalue weighted by molar-refractivity contribution is 5.76. The van der Waals surface area contributed by atoms with Gasteiger partial charge in [-0.15, -0.1) is 0 Å². The third-order valence-electron chi connectivity index (χ3n) is 3.67. The Hall–Kier alpha value is -1.66. The lowest BCUT2D eigenvalue weighted by molar-refractivity contribution is -0.132. The summed E-state index contributed by atoms with van der Waals surface area (Å²) in [4.78, 5) is 20.5. The van der Waals surface area contributed by atoms with Gasteiger partial charge in [-0.3, -0.25) is 4.79 Å². The summed E-state index contributed by atoms with van der Waals surface area (Å²) in [5.41, 5.74) is 6.60. The normalized spacial score (nSPS) is 15.3. The highest BCUT2D eigenvalue weighted by atomic mass is 16.5. The van der Waals surface area contributed by atoms with Crippen LogP contribution in [-0.2, 0) is 16.1 Å². The zero-order valence-electron chi connectivity index (χ0n) is 12.6. The zero-order valence-corrected chi connectivity index (χ0v) is 12.6. The molecule has 0 bridgehead atoms. The van der Waals surface area contributed by atoms with E-state index in [1.54, 1.807) is 0 Å². The molecule has 1 aromatic rings. The van der Waals surface area contributed by atoms with E-state index < -0.39 is 0 Å². The van der Waals surface area contributed by atoms with Crippen LogP contribution in [0.5, 0.6) is 0 Å². The molecule has 6 nitrogen and oxygen atoms in total. The molecule has 0 spiro atoms. The van der Waals surface area contributed by atoms with Crippen molar-refractivity contribution in [3.8, 4) is 0 Å². The van der Waals surface area contributed by atoms with Crippen LogP contribution < -0.4 is 10.6 Å². The van der Waals surface area contributed by atoms with Crippen LogP contribution in [0, 0.1) is 0 Å². The van der Waals surface area contributed by atoms with E-state index in [9.17, 15) is 4.79 Å². The van der Waals surface area contributed by atoms with Crippen molar-refractivity contribution in [3.63, 3.8) is 0 Å². The van der Waals surface area contributed by atoms with Gasteiger partial charge in [-0.1, -0.05) is 6.07 Å². The SMILES string of the molecule is CCOCCC(=O)N1CCN(c2ccc(CN)cn2)CC1.